The molecule has 0 N–H and O–H groups in total. The summed E-state index contributed by atoms with van der Waals surface area (Å²) in [7, 11) is 0. The van der Waals surface area contributed by atoms with E-state index >= 15 is 0 Å². The van der Waals surface area contributed by atoms with E-state index in [1.165, 1.54) is 37.1 Å². The molecule has 110 valence electrons. The van der Waals surface area contributed by atoms with Crippen LogP contribution in [0, 0.1) is 0 Å². The van der Waals surface area contributed by atoms with Gasteiger partial charge in [0.15, 0.2) is 0 Å². The minimum atomic E-state index is -0.0525. The molecule has 1 aromatic heterocycles. The van der Waals surface area contributed by atoms with Crippen molar-refractivity contribution in [1.82, 2.24) is 10.1 Å². The molecule has 4 nitrogen and oxygen atoms in total. The molecule has 4 rings (SSSR count). The standard InChI is InChI=1S/C16H24N2O2/c1-15(2,3)19-10-16-5-4-6-18(16)14-7-13-12(9-20-17-13)11(14)8-16/h9,11,14H,4-8,10H2,1-3H3. The van der Waals surface area contributed by atoms with Gasteiger partial charge in [-0.3, -0.25) is 4.90 Å². The van der Waals surface area contributed by atoms with Crippen LogP contribution in [0.2, 0.25) is 0 Å². The van der Waals surface area contributed by atoms with E-state index in [0.717, 1.165) is 13.0 Å². The first kappa shape index (κ1) is 12.8. The second-order valence-electron chi connectivity index (χ2n) is 7.72. The van der Waals surface area contributed by atoms with Crippen molar-refractivity contribution in [3.8, 4) is 0 Å². The molecule has 3 heterocycles. The molecule has 0 amide bonds. The van der Waals surface area contributed by atoms with Crippen LogP contribution in [-0.4, -0.2) is 40.4 Å². The normalized spacial score (nSPS) is 36.1. The lowest BCUT2D eigenvalue weighted by atomic mass is 9.88. The zero-order valence-corrected chi connectivity index (χ0v) is 12.7. The Morgan fingerprint density at radius 3 is 3.15 bits per heavy atom. The third kappa shape index (κ3) is 1.77. The van der Waals surface area contributed by atoms with Gasteiger partial charge in [-0.25, -0.2) is 0 Å². The van der Waals surface area contributed by atoms with Crippen LogP contribution in [0.4, 0.5) is 0 Å². The largest absolute Gasteiger partial charge is 0.374 e. The highest BCUT2D eigenvalue weighted by atomic mass is 16.5. The fourth-order valence-corrected chi connectivity index (χ4v) is 4.52. The Bertz CT molecular complexity index is 519. The van der Waals surface area contributed by atoms with Crippen LogP contribution >= 0.6 is 0 Å². The van der Waals surface area contributed by atoms with Gasteiger partial charge in [-0.1, -0.05) is 5.16 Å². The summed E-state index contributed by atoms with van der Waals surface area (Å²) in [4.78, 5) is 2.73. The predicted molar refractivity (Wildman–Crippen MR) is 75.7 cm³/mol. The number of fused-ring (bicyclic) bond motifs is 5. The smallest absolute Gasteiger partial charge is 0.127 e. The average Bonchev–Trinajstić information content (AvgIpc) is 3.03. The van der Waals surface area contributed by atoms with Crippen molar-refractivity contribution in [2.24, 2.45) is 0 Å². The summed E-state index contributed by atoms with van der Waals surface area (Å²) in [6, 6.07) is 0.634. The summed E-state index contributed by atoms with van der Waals surface area (Å²) in [6.07, 6.45) is 6.73. The number of nitrogens with zero attached hydrogens (tertiary/aromatic N) is 2. The van der Waals surface area contributed by atoms with E-state index < -0.39 is 0 Å². The molecule has 4 heteroatoms. The Labute approximate surface area is 120 Å². The van der Waals surface area contributed by atoms with Crippen LogP contribution in [0.15, 0.2) is 10.8 Å². The lowest BCUT2D eigenvalue weighted by Gasteiger charge is -2.36. The highest BCUT2D eigenvalue weighted by molar-refractivity contribution is 5.34. The van der Waals surface area contributed by atoms with Gasteiger partial charge in [-0.05, 0) is 46.6 Å². The van der Waals surface area contributed by atoms with Crippen molar-refractivity contribution in [1.29, 1.82) is 0 Å². The molecule has 3 atom stereocenters. The Balaban J connectivity index is 1.59. The van der Waals surface area contributed by atoms with Crippen LogP contribution < -0.4 is 0 Å². The van der Waals surface area contributed by atoms with E-state index in [0.29, 0.717) is 12.0 Å². The monoisotopic (exact) mass is 276 g/mol. The van der Waals surface area contributed by atoms with Crippen LogP contribution in [0.25, 0.3) is 0 Å². The fourth-order valence-electron chi connectivity index (χ4n) is 4.52. The number of hydrogen-bond donors (Lipinski definition) is 0. The van der Waals surface area contributed by atoms with E-state index in [2.05, 4.69) is 30.8 Å². The number of hydrogen-bond acceptors (Lipinski definition) is 4. The Morgan fingerprint density at radius 1 is 1.50 bits per heavy atom. The van der Waals surface area contributed by atoms with Crippen LogP contribution in [-0.2, 0) is 11.2 Å². The molecule has 20 heavy (non-hydrogen) atoms. The summed E-state index contributed by atoms with van der Waals surface area (Å²) >= 11 is 0. The Kier molecular flexibility index (Phi) is 2.62. The molecular weight excluding hydrogens is 252 g/mol. The van der Waals surface area contributed by atoms with Crippen molar-refractivity contribution < 1.29 is 9.26 Å². The third-order valence-electron chi connectivity index (χ3n) is 5.37. The molecule has 0 spiro atoms. The molecule has 2 fully saturated rings. The molecule has 3 unspecified atom stereocenters. The van der Waals surface area contributed by atoms with Gasteiger partial charge in [0.2, 0.25) is 0 Å². The predicted octanol–water partition coefficient (Wildman–Crippen LogP) is 2.74. The quantitative estimate of drug-likeness (QED) is 0.832. The van der Waals surface area contributed by atoms with Crippen molar-refractivity contribution in [2.75, 3.05) is 13.2 Å². The van der Waals surface area contributed by atoms with Crippen LogP contribution in [0.5, 0.6) is 0 Å². The van der Waals surface area contributed by atoms with Crippen molar-refractivity contribution in [3.05, 3.63) is 17.5 Å². The molecule has 3 aliphatic rings. The van der Waals surface area contributed by atoms with Gasteiger partial charge in [0.05, 0.1) is 17.9 Å². The summed E-state index contributed by atoms with van der Waals surface area (Å²) < 4.78 is 11.3. The maximum Gasteiger partial charge on any atom is 0.127 e. The zero-order chi connectivity index (χ0) is 14.0. The highest BCUT2D eigenvalue weighted by Gasteiger charge is 2.57. The maximum absolute atomic E-state index is 6.17. The molecular formula is C16H24N2O2. The average molecular weight is 276 g/mol. The first-order chi connectivity index (χ1) is 9.49. The molecule has 2 aliphatic heterocycles. The van der Waals surface area contributed by atoms with Crippen LogP contribution in [0.3, 0.4) is 0 Å². The van der Waals surface area contributed by atoms with E-state index in [4.69, 9.17) is 9.26 Å². The molecule has 1 aromatic rings. The van der Waals surface area contributed by atoms with E-state index in [1.807, 2.05) is 6.26 Å². The SMILES string of the molecule is CC(C)(C)OCC12CCCN1C1Cc3nocc3C1C2. The Morgan fingerprint density at radius 2 is 2.35 bits per heavy atom. The molecule has 0 radical (unpaired) electrons. The van der Waals surface area contributed by atoms with Crippen molar-refractivity contribution in [3.63, 3.8) is 0 Å². The fraction of sp³-hybridized carbons (Fsp3) is 0.812. The second-order valence-corrected chi connectivity index (χ2v) is 7.72. The second kappa shape index (κ2) is 4.08. The lowest BCUT2D eigenvalue weighted by molar-refractivity contribution is -0.0567. The van der Waals surface area contributed by atoms with Crippen molar-refractivity contribution in [2.45, 2.75) is 69.6 Å². The van der Waals surface area contributed by atoms with Gasteiger partial charge in [0, 0.05) is 29.5 Å². The molecule has 0 aromatic carbocycles. The molecule has 0 bridgehead atoms. The topological polar surface area (TPSA) is 38.5 Å². The number of rotatable bonds is 2. The third-order valence-corrected chi connectivity index (χ3v) is 5.37. The minimum Gasteiger partial charge on any atom is -0.374 e. The van der Waals surface area contributed by atoms with Gasteiger partial charge in [-0.15, -0.1) is 0 Å². The summed E-state index contributed by atoms with van der Waals surface area (Å²) in [6.45, 7) is 8.53. The van der Waals surface area contributed by atoms with Gasteiger partial charge >= 0.3 is 0 Å². The molecule has 0 saturated carbocycles. The Hall–Kier alpha value is -0.870. The number of aromatic nitrogens is 1. The minimum absolute atomic E-state index is 0.0525. The highest BCUT2D eigenvalue weighted by Crippen LogP contribution is 2.54. The van der Waals surface area contributed by atoms with Crippen molar-refractivity contribution >= 4 is 0 Å². The van der Waals surface area contributed by atoms with Gasteiger partial charge in [0.25, 0.3) is 0 Å². The van der Waals surface area contributed by atoms with E-state index in [9.17, 15) is 0 Å². The van der Waals surface area contributed by atoms with Gasteiger partial charge in [0.1, 0.15) is 6.26 Å². The summed E-state index contributed by atoms with van der Waals surface area (Å²) in [5, 5.41) is 4.17. The number of ether oxygens (including phenoxy) is 1. The van der Waals surface area contributed by atoms with Crippen LogP contribution in [0.1, 0.15) is 57.2 Å². The van der Waals surface area contributed by atoms with E-state index in [-0.39, 0.29) is 11.1 Å². The first-order valence-corrected chi connectivity index (χ1v) is 7.82. The molecule has 1 aliphatic carbocycles. The summed E-state index contributed by atoms with van der Waals surface area (Å²) in [5.74, 6) is 0.611. The lowest BCUT2D eigenvalue weighted by Crippen LogP contribution is -2.47. The summed E-state index contributed by atoms with van der Waals surface area (Å²) in [5.41, 5.74) is 2.76. The molecule has 2 saturated heterocycles. The first-order valence-electron chi connectivity index (χ1n) is 7.82. The maximum atomic E-state index is 6.17. The van der Waals surface area contributed by atoms with Gasteiger partial charge in [-0.2, -0.15) is 0 Å². The van der Waals surface area contributed by atoms with Gasteiger partial charge < -0.3 is 9.26 Å². The zero-order valence-electron chi connectivity index (χ0n) is 12.7. The van der Waals surface area contributed by atoms with E-state index in [1.54, 1.807) is 0 Å².